The Morgan fingerprint density at radius 1 is 1.19 bits per heavy atom. The van der Waals surface area contributed by atoms with Gasteiger partial charge in [0, 0.05) is 33.9 Å². The van der Waals surface area contributed by atoms with Crippen molar-refractivity contribution in [2.24, 2.45) is 5.92 Å². The van der Waals surface area contributed by atoms with Crippen molar-refractivity contribution < 1.29 is 9.47 Å². The van der Waals surface area contributed by atoms with E-state index in [2.05, 4.69) is 42.7 Å². The molecule has 2 aliphatic rings. The van der Waals surface area contributed by atoms with Crippen LogP contribution in [0.1, 0.15) is 24.1 Å². The van der Waals surface area contributed by atoms with Gasteiger partial charge in [0.15, 0.2) is 17.4 Å². The molecule has 0 saturated carbocycles. The van der Waals surface area contributed by atoms with Crippen molar-refractivity contribution in [3.63, 3.8) is 0 Å². The molecule has 1 N–H and O–H groups in total. The summed E-state index contributed by atoms with van der Waals surface area (Å²) in [5.41, 5.74) is 3.50. The number of thiophene rings is 1. The van der Waals surface area contributed by atoms with Gasteiger partial charge in [-0.1, -0.05) is 19.1 Å². The lowest BCUT2D eigenvalue weighted by molar-refractivity contribution is 0.236. The van der Waals surface area contributed by atoms with Crippen LogP contribution in [0.4, 0.5) is 0 Å². The van der Waals surface area contributed by atoms with Gasteiger partial charge < -0.3 is 29.2 Å². The molecule has 37 heavy (non-hydrogen) atoms. The van der Waals surface area contributed by atoms with Crippen molar-refractivity contribution in [3.05, 3.63) is 63.6 Å². The number of ether oxygens (including phenoxy) is 2. The summed E-state index contributed by atoms with van der Waals surface area (Å²) in [6.45, 7) is 4.08. The molecule has 0 aliphatic carbocycles. The fourth-order valence-corrected chi connectivity index (χ4v) is 5.38. The Labute approximate surface area is 219 Å². The van der Waals surface area contributed by atoms with E-state index in [-0.39, 0.29) is 11.5 Å². The molecule has 0 spiro atoms. The van der Waals surface area contributed by atoms with Gasteiger partial charge in [-0.15, -0.1) is 11.3 Å². The van der Waals surface area contributed by atoms with E-state index in [9.17, 15) is 4.79 Å². The minimum atomic E-state index is -0.112. The SMILES string of the molecule is COc1cnc(C2=CN(C)CN2C)nc1OCC(C)Cc1csc2c(=O)[nH]c(C3=CC=CCN3C)nc12. The highest BCUT2D eigenvalue weighted by Gasteiger charge is 2.22. The van der Waals surface area contributed by atoms with E-state index in [0.29, 0.717) is 41.0 Å². The third-order valence-corrected chi connectivity index (χ3v) is 7.37. The lowest BCUT2D eigenvalue weighted by Gasteiger charge is -2.22. The van der Waals surface area contributed by atoms with Gasteiger partial charge in [-0.25, -0.2) is 9.97 Å². The maximum Gasteiger partial charge on any atom is 0.269 e. The smallest absolute Gasteiger partial charge is 0.269 e. The quantitative estimate of drug-likeness (QED) is 0.479. The van der Waals surface area contributed by atoms with Crippen molar-refractivity contribution in [1.82, 2.24) is 34.6 Å². The second-order valence-electron chi connectivity index (χ2n) is 9.51. The van der Waals surface area contributed by atoms with Gasteiger partial charge in [-0.2, -0.15) is 4.98 Å². The van der Waals surface area contributed by atoms with E-state index in [4.69, 9.17) is 14.5 Å². The maximum absolute atomic E-state index is 12.8. The van der Waals surface area contributed by atoms with Crippen molar-refractivity contribution in [2.45, 2.75) is 13.3 Å². The fourth-order valence-electron chi connectivity index (χ4n) is 4.47. The molecule has 0 radical (unpaired) electrons. The summed E-state index contributed by atoms with van der Waals surface area (Å²) in [5, 5.41) is 2.02. The van der Waals surface area contributed by atoms with E-state index in [1.807, 2.05) is 44.9 Å². The summed E-state index contributed by atoms with van der Waals surface area (Å²) in [4.78, 5) is 35.9. The molecule has 10 nitrogen and oxygen atoms in total. The van der Waals surface area contributed by atoms with Crippen LogP contribution in [0.3, 0.4) is 0 Å². The first-order valence-electron chi connectivity index (χ1n) is 12.1. The number of aromatic amines is 1. The number of hydrogen-bond acceptors (Lipinski definition) is 10. The highest BCUT2D eigenvalue weighted by Crippen LogP contribution is 2.29. The highest BCUT2D eigenvalue weighted by molar-refractivity contribution is 7.17. The summed E-state index contributed by atoms with van der Waals surface area (Å²) in [7, 11) is 7.57. The molecule has 0 bridgehead atoms. The molecule has 5 rings (SSSR count). The minimum Gasteiger partial charge on any atom is -0.490 e. The number of aromatic nitrogens is 4. The summed E-state index contributed by atoms with van der Waals surface area (Å²) in [5.74, 6) is 2.22. The highest BCUT2D eigenvalue weighted by atomic mass is 32.1. The van der Waals surface area contributed by atoms with Gasteiger partial charge in [0.25, 0.3) is 11.4 Å². The van der Waals surface area contributed by atoms with Crippen molar-refractivity contribution in [3.8, 4) is 11.6 Å². The number of nitrogens with zero attached hydrogens (tertiary/aromatic N) is 6. The van der Waals surface area contributed by atoms with E-state index in [1.165, 1.54) is 11.3 Å². The fraction of sp³-hybridized carbons (Fsp3) is 0.385. The van der Waals surface area contributed by atoms with Crippen molar-refractivity contribution >= 4 is 32.9 Å². The first-order valence-corrected chi connectivity index (χ1v) is 13.0. The zero-order chi connectivity index (χ0) is 26.1. The number of fused-ring (bicyclic) bond motifs is 1. The molecule has 1 unspecified atom stereocenters. The molecule has 194 valence electrons. The van der Waals surface area contributed by atoms with Gasteiger partial charge in [0.05, 0.1) is 43.5 Å². The number of hydrogen-bond donors (Lipinski definition) is 1. The lowest BCUT2D eigenvalue weighted by Crippen LogP contribution is -2.22. The van der Waals surface area contributed by atoms with Crippen LogP contribution < -0.4 is 15.0 Å². The van der Waals surface area contributed by atoms with Crippen LogP contribution in [-0.2, 0) is 6.42 Å². The molecular weight excluding hydrogens is 490 g/mol. The molecule has 0 aromatic carbocycles. The minimum absolute atomic E-state index is 0.112. The molecule has 0 fully saturated rings. The van der Waals surface area contributed by atoms with Crippen LogP contribution in [0.15, 0.2) is 40.8 Å². The molecule has 1 atom stereocenters. The van der Waals surface area contributed by atoms with E-state index in [0.717, 1.165) is 35.7 Å². The normalized spacial score (nSPS) is 16.3. The third kappa shape index (κ3) is 5.04. The Bertz CT molecular complexity index is 1460. The monoisotopic (exact) mass is 521 g/mol. The average molecular weight is 522 g/mol. The number of allylic oxidation sites excluding steroid dienone is 2. The van der Waals surface area contributed by atoms with Crippen molar-refractivity contribution in [2.75, 3.05) is 48.1 Å². The standard InChI is InChI=1S/C26H31N7O3S/c1-16(13-36-26-20(35-5)11-27-23(30-26)19-12-31(2)15-33(19)4)10-17-14-37-22-21(17)28-24(29-25(22)34)18-8-6-7-9-32(18)3/h6-8,11-12,14,16H,9-10,13,15H2,1-5H3,(H,28,29,34). The van der Waals surface area contributed by atoms with Crippen LogP contribution in [0.25, 0.3) is 21.6 Å². The maximum atomic E-state index is 12.8. The molecule has 0 amide bonds. The molecule has 11 heteroatoms. The van der Waals surface area contributed by atoms with Gasteiger partial charge >= 0.3 is 0 Å². The summed E-state index contributed by atoms with van der Waals surface area (Å²) in [6, 6.07) is 0. The second-order valence-corrected chi connectivity index (χ2v) is 10.4. The Morgan fingerprint density at radius 3 is 2.76 bits per heavy atom. The van der Waals surface area contributed by atoms with E-state index >= 15 is 0 Å². The summed E-state index contributed by atoms with van der Waals surface area (Å²) in [6.07, 6.45) is 10.4. The number of H-pyrrole nitrogens is 1. The van der Waals surface area contributed by atoms with E-state index in [1.54, 1.807) is 13.3 Å². The summed E-state index contributed by atoms with van der Waals surface area (Å²) < 4.78 is 12.2. The van der Waals surface area contributed by atoms with Gasteiger partial charge in [0.1, 0.15) is 4.70 Å². The molecular formula is C26H31N7O3S. The Morgan fingerprint density at radius 2 is 2.03 bits per heavy atom. The van der Waals surface area contributed by atoms with Gasteiger partial charge in [-0.05, 0) is 29.4 Å². The second kappa shape index (κ2) is 10.3. The number of rotatable bonds is 8. The first-order chi connectivity index (χ1) is 17.8. The Kier molecular flexibility index (Phi) is 6.88. The Balaban J connectivity index is 1.34. The predicted octanol–water partition coefficient (Wildman–Crippen LogP) is 3.02. The third-order valence-electron chi connectivity index (χ3n) is 6.36. The van der Waals surface area contributed by atoms with Gasteiger partial charge in [0.2, 0.25) is 0 Å². The molecule has 5 heterocycles. The van der Waals surface area contributed by atoms with Crippen LogP contribution in [-0.4, -0.2) is 82.7 Å². The number of likely N-dealkylation sites (N-methyl/N-ethyl adjacent to an activating group) is 1. The summed E-state index contributed by atoms with van der Waals surface area (Å²) >= 11 is 1.43. The zero-order valence-electron chi connectivity index (χ0n) is 21.7. The van der Waals surface area contributed by atoms with Crippen LogP contribution in [0, 0.1) is 5.92 Å². The van der Waals surface area contributed by atoms with Crippen LogP contribution in [0.5, 0.6) is 11.6 Å². The number of methoxy groups -OCH3 is 1. The first kappa shape index (κ1) is 24.8. The average Bonchev–Trinajstić information content (AvgIpc) is 3.44. The van der Waals surface area contributed by atoms with Crippen LogP contribution in [0.2, 0.25) is 0 Å². The molecule has 0 saturated heterocycles. The zero-order valence-corrected chi connectivity index (χ0v) is 22.5. The van der Waals surface area contributed by atoms with Crippen molar-refractivity contribution in [1.29, 1.82) is 0 Å². The van der Waals surface area contributed by atoms with Crippen LogP contribution >= 0.6 is 11.3 Å². The molecule has 2 aliphatic heterocycles. The molecule has 3 aromatic rings. The lowest BCUT2D eigenvalue weighted by atomic mass is 10.0. The Hall–Kier alpha value is -3.86. The van der Waals surface area contributed by atoms with E-state index < -0.39 is 0 Å². The predicted molar refractivity (Wildman–Crippen MR) is 145 cm³/mol. The number of nitrogens with one attached hydrogen (secondary N) is 1. The molecule has 3 aromatic heterocycles. The topological polar surface area (TPSA) is 99.7 Å². The van der Waals surface area contributed by atoms with Gasteiger partial charge in [-0.3, -0.25) is 4.79 Å². The largest absolute Gasteiger partial charge is 0.490 e.